The van der Waals surface area contributed by atoms with Gasteiger partial charge in [-0.25, -0.2) is 0 Å². The summed E-state index contributed by atoms with van der Waals surface area (Å²) in [6.45, 7) is 2.58. The van der Waals surface area contributed by atoms with E-state index in [1.54, 1.807) is 13.0 Å². The average Bonchev–Trinajstić information content (AvgIpc) is 3.16. The topological polar surface area (TPSA) is 92.0 Å². The number of hydrogen-bond donors (Lipinski definition) is 1. The van der Waals surface area contributed by atoms with Crippen molar-refractivity contribution in [1.29, 1.82) is 0 Å². The number of likely N-dealkylation sites (tertiary alicyclic amines) is 1. The molecule has 1 N–H and O–H groups in total. The third-order valence-electron chi connectivity index (χ3n) is 4.04. The fourth-order valence-electron chi connectivity index (χ4n) is 2.60. The lowest BCUT2D eigenvalue weighted by Gasteiger charge is -2.11. The molecule has 1 aromatic heterocycles. The van der Waals surface area contributed by atoms with E-state index < -0.39 is 10.0 Å². The Balaban J connectivity index is 1.76. The first-order valence-electron chi connectivity index (χ1n) is 7.87. The maximum atomic E-state index is 12.4. The van der Waals surface area contributed by atoms with Crippen molar-refractivity contribution in [2.45, 2.75) is 24.7 Å². The van der Waals surface area contributed by atoms with E-state index in [2.05, 4.69) is 9.71 Å². The number of amides is 1. The van der Waals surface area contributed by atoms with E-state index in [0.29, 0.717) is 17.9 Å². The molecule has 2 heterocycles. The number of anilines is 1. The summed E-state index contributed by atoms with van der Waals surface area (Å²) < 4.78 is 33.8. The summed E-state index contributed by atoms with van der Waals surface area (Å²) in [5.41, 5.74) is 1.21. The van der Waals surface area contributed by atoms with Gasteiger partial charge in [-0.15, -0.1) is 4.40 Å². The van der Waals surface area contributed by atoms with E-state index in [0.717, 1.165) is 18.5 Å². The van der Waals surface area contributed by atoms with Gasteiger partial charge in [-0.2, -0.15) is 8.42 Å². The molecule has 0 bridgehead atoms. The molecular formula is C17H19N3O4S. The molecule has 2 aromatic rings. The van der Waals surface area contributed by atoms with E-state index >= 15 is 0 Å². The molecular weight excluding hydrogens is 342 g/mol. The van der Waals surface area contributed by atoms with Gasteiger partial charge in [0.1, 0.15) is 5.84 Å². The Bertz CT molecular complexity index is 914. The van der Waals surface area contributed by atoms with E-state index in [-0.39, 0.29) is 16.6 Å². The molecule has 1 saturated heterocycles. The van der Waals surface area contributed by atoms with Crippen LogP contribution in [0, 0.1) is 6.92 Å². The monoisotopic (exact) mass is 361 g/mol. The summed E-state index contributed by atoms with van der Waals surface area (Å²) in [5.74, 6) is 0.420. The highest BCUT2D eigenvalue weighted by molar-refractivity contribution is 7.90. The lowest BCUT2D eigenvalue weighted by Crippen LogP contribution is -2.20. The summed E-state index contributed by atoms with van der Waals surface area (Å²) in [4.78, 5) is 14.0. The van der Waals surface area contributed by atoms with Crippen molar-refractivity contribution in [2.75, 3.05) is 18.9 Å². The van der Waals surface area contributed by atoms with Crippen LogP contribution in [-0.4, -0.2) is 38.7 Å². The SMILES string of the molecule is Cc1ccoc1C(=O)Nc1ccc(S(=O)(=O)/N=C2\CCCN2C)cc1. The zero-order valence-corrected chi connectivity index (χ0v) is 14.8. The lowest BCUT2D eigenvalue weighted by molar-refractivity contribution is 0.0996. The number of hydrogen-bond acceptors (Lipinski definition) is 4. The molecule has 0 unspecified atom stereocenters. The van der Waals surface area contributed by atoms with Gasteiger partial charge < -0.3 is 14.6 Å². The van der Waals surface area contributed by atoms with Crippen molar-refractivity contribution >= 4 is 27.5 Å². The highest BCUT2D eigenvalue weighted by Gasteiger charge is 2.20. The second-order valence-corrected chi connectivity index (χ2v) is 7.52. The summed E-state index contributed by atoms with van der Waals surface area (Å²) in [7, 11) is -1.93. The zero-order valence-electron chi connectivity index (χ0n) is 14.0. The second-order valence-electron chi connectivity index (χ2n) is 5.92. The summed E-state index contributed by atoms with van der Waals surface area (Å²) in [5, 5.41) is 2.67. The number of benzene rings is 1. The molecule has 0 aliphatic carbocycles. The number of nitrogens with zero attached hydrogens (tertiary/aromatic N) is 2. The molecule has 0 spiro atoms. The van der Waals surface area contributed by atoms with Gasteiger partial charge >= 0.3 is 0 Å². The van der Waals surface area contributed by atoms with Gasteiger partial charge in [-0.1, -0.05) is 0 Å². The minimum atomic E-state index is -3.76. The van der Waals surface area contributed by atoms with Crippen LogP contribution in [0.1, 0.15) is 29.0 Å². The molecule has 0 saturated carbocycles. The van der Waals surface area contributed by atoms with Gasteiger partial charge in [0.25, 0.3) is 15.9 Å². The molecule has 1 aliphatic heterocycles. The third kappa shape index (κ3) is 3.74. The van der Waals surface area contributed by atoms with Crippen molar-refractivity contribution in [2.24, 2.45) is 4.40 Å². The van der Waals surface area contributed by atoms with Gasteiger partial charge in [0.2, 0.25) is 0 Å². The maximum absolute atomic E-state index is 12.4. The number of aryl methyl sites for hydroxylation is 1. The van der Waals surface area contributed by atoms with Gasteiger partial charge in [0, 0.05) is 31.3 Å². The number of nitrogens with one attached hydrogen (secondary N) is 1. The molecule has 132 valence electrons. The van der Waals surface area contributed by atoms with E-state index in [4.69, 9.17) is 4.42 Å². The predicted octanol–water partition coefficient (Wildman–Crippen LogP) is 2.65. The largest absolute Gasteiger partial charge is 0.459 e. The molecule has 1 fully saturated rings. The normalized spacial score (nSPS) is 16.4. The molecule has 3 rings (SSSR count). The van der Waals surface area contributed by atoms with Crippen LogP contribution < -0.4 is 5.32 Å². The standard InChI is InChI=1S/C17H19N3O4S/c1-12-9-11-24-16(12)17(21)18-13-5-7-14(8-6-13)25(22,23)19-15-4-3-10-20(15)2/h5-9,11H,3-4,10H2,1-2H3,(H,18,21)/b19-15+. The first kappa shape index (κ1) is 17.2. The Hall–Kier alpha value is -2.61. The molecule has 1 aromatic carbocycles. The molecule has 7 nitrogen and oxygen atoms in total. The van der Waals surface area contributed by atoms with Crippen LogP contribution >= 0.6 is 0 Å². The predicted molar refractivity (Wildman–Crippen MR) is 94.3 cm³/mol. The number of carbonyl (C=O) groups is 1. The van der Waals surface area contributed by atoms with Crippen LogP contribution in [0.15, 0.2) is 50.3 Å². The van der Waals surface area contributed by atoms with Crippen LogP contribution in [0.3, 0.4) is 0 Å². The maximum Gasteiger partial charge on any atom is 0.291 e. The Morgan fingerprint density at radius 3 is 2.52 bits per heavy atom. The van der Waals surface area contributed by atoms with Gasteiger partial charge in [-0.3, -0.25) is 4.79 Å². The minimum absolute atomic E-state index is 0.0903. The molecule has 1 amide bonds. The first-order valence-corrected chi connectivity index (χ1v) is 9.31. The molecule has 25 heavy (non-hydrogen) atoms. The number of rotatable bonds is 4. The minimum Gasteiger partial charge on any atom is -0.459 e. The van der Waals surface area contributed by atoms with Gasteiger partial charge in [0.05, 0.1) is 11.2 Å². The molecule has 0 atom stereocenters. The molecule has 8 heteroatoms. The third-order valence-corrected chi connectivity index (χ3v) is 5.36. The van der Waals surface area contributed by atoms with E-state index in [1.165, 1.54) is 30.5 Å². The van der Waals surface area contributed by atoms with Crippen molar-refractivity contribution in [3.05, 3.63) is 47.9 Å². The van der Waals surface area contributed by atoms with Crippen molar-refractivity contribution in [3.8, 4) is 0 Å². The Morgan fingerprint density at radius 2 is 1.96 bits per heavy atom. The van der Waals surface area contributed by atoms with Gasteiger partial charge in [0.15, 0.2) is 5.76 Å². The zero-order chi connectivity index (χ0) is 18.0. The fraction of sp³-hybridized carbons (Fsp3) is 0.294. The first-order chi connectivity index (χ1) is 11.9. The molecule has 0 radical (unpaired) electrons. The smallest absolute Gasteiger partial charge is 0.291 e. The Morgan fingerprint density at radius 1 is 1.24 bits per heavy atom. The highest BCUT2D eigenvalue weighted by Crippen LogP contribution is 2.20. The van der Waals surface area contributed by atoms with Crippen LogP contribution in [0.5, 0.6) is 0 Å². The van der Waals surface area contributed by atoms with E-state index in [9.17, 15) is 13.2 Å². The number of furan rings is 1. The number of amidine groups is 1. The van der Waals surface area contributed by atoms with Crippen molar-refractivity contribution in [1.82, 2.24) is 4.90 Å². The fourth-order valence-corrected chi connectivity index (χ4v) is 3.70. The molecule has 1 aliphatic rings. The van der Waals surface area contributed by atoms with Crippen LogP contribution in [-0.2, 0) is 10.0 Å². The van der Waals surface area contributed by atoms with Crippen LogP contribution in [0.25, 0.3) is 0 Å². The number of sulfonamides is 1. The summed E-state index contributed by atoms with van der Waals surface area (Å²) >= 11 is 0. The van der Waals surface area contributed by atoms with Gasteiger partial charge in [-0.05, 0) is 43.7 Å². The Kier molecular flexibility index (Phi) is 4.63. The van der Waals surface area contributed by atoms with Crippen molar-refractivity contribution < 1.29 is 17.6 Å². The number of carbonyl (C=O) groups excluding carboxylic acids is 1. The van der Waals surface area contributed by atoms with Crippen molar-refractivity contribution in [3.63, 3.8) is 0 Å². The van der Waals surface area contributed by atoms with E-state index in [1.807, 2.05) is 11.9 Å². The highest BCUT2D eigenvalue weighted by atomic mass is 32.2. The Labute approximate surface area is 146 Å². The summed E-state index contributed by atoms with van der Waals surface area (Å²) in [6.07, 6.45) is 3.01. The summed E-state index contributed by atoms with van der Waals surface area (Å²) in [6, 6.07) is 7.62. The lowest BCUT2D eigenvalue weighted by atomic mass is 10.2. The average molecular weight is 361 g/mol. The quantitative estimate of drug-likeness (QED) is 0.904. The van der Waals surface area contributed by atoms with Crippen LogP contribution in [0.2, 0.25) is 0 Å². The second kappa shape index (κ2) is 6.72. The van der Waals surface area contributed by atoms with Crippen LogP contribution in [0.4, 0.5) is 5.69 Å².